The Kier molecular flexibility index (Phi) is 3.04. The highest BCUT2D eigenvalue weighted by molar-refractivity contribution is 5.78. The van der Waals surface area contributed by atoms with Crippen molar-refractivity contribution in [2.75, 3.05) is 5.32 Å². The number of aromatic nitrogens is 3. The highest BCUT2D eigenvalue weighted by Gasteiger charge is 2.12. The Bertz CT molecular complexity index is 510. The Morgan fingerprint density at radius 3 is 2.88 bits per heavy atom. The first-order valence-electron chi connectivity index (χ1n) is 5.13. The van der Waals surface area contributed by atoms with Crippen molar-refractivity contribution in [1.29, 1.82) is 0 Å². The summed E-state index contributed by atoms with van der Waals surface area (Å²) in [6, 6.07) is 6.66. The molecule has 1 aromatic heterocycles. The minimum absolute atomic E-state index is 0.667. The smallest absolute Gasteiger partial charge is 0.325 e. The number of anilines is 1. The predicted octanol–water partition coefficient (Wildman–Crippen LogP) is 1.15. The Hall–Kier alpha value is -2.37. The predicted molar refractivity (Wildman–Crippen MR) is 62.1 cm³/mol. The van der Waals surface area contributed by atoms with Crippen molar-refractivity contribution in [3.8, 4) is 5.69 Å². The summed E-state index contributed by atoms with van der Waals surface area (Å²) in [6.07, 6.45) is 3.27. The third-order valence-corrected chi connectivity index (χ3v) is 2.32. The first-order valence-corrected chi connectivity index (χ1v) is 5.13. The molecule has 1 heterocycles. The van der Waals surface area contributed by atoms with Crippen LogP contribution >= 0.6 is 0 Å². The highest BCUT2D eigenvalue weighted by atomic mass is 16.4. The number of carboxylic acids is 1. The second-order valence-electron chi connectivity index (χ2n) is 3.57. The van der Waals surface area contributed by atoms with Crippen LogP contribution in [0.1, 0.15) is 6.92 Å². The molecule has 88 valence electrons. The molecule has 0 radical (unpaired) electrons. The fourth-order valence-corrected chi connectivity index (χ4v) is 1.43. The Labute approximate surface area is 97.9 Å². The largest absolute Gasteiger partial charge is 0.480 e. The van der Waals surface area contributed by atoms with Crippen LogP contribution < -0.4 is 5.32 Å². The van der Waals surface area contributed by atoms with E-state index in [1.54, 1.807) is 30.1 Å². The number of hydrogen-bond acceptors (Lipinski definition) is 4. The van der Waals surface area contributed by atoms with E-state index in [4.69, 9.17) is 5.11 Å². The Balaban J connectivity index is 2.32. The third-order valence-electron chi connectivity index (χ3n) is 2.32. The van der Waals surface area contributed by atoms with Gasteiger partial charge in [0.2, 0.25) is 0 Å². The van der Waals surface area contributed by atoms with Gasteiger partial charge in [-0.15, -0.1) is 5.10 Å². The molecule has 0 spiro atoms. The van der Waals surface area contributed by atoms with Crippen LogP contribution in [0.15, 0.2) is 36.7 Å². The van der Waals surface area contributed by atoms with Gasteiger partial charge in [0.25, 0.3) is 0 Å². The summed E-state index contributed by atoms with van der Waals surface area (Å²) in [4.78, 5) is 10.8. The van der Waals surface area contributed by atoms with Crippen LogP contribution in [0, 0.1) is 0 Å². The van der Waals surface area contributed by atoms with Gasteiger partial charge >= 0.3 is 5.97 Å². The molecule has 2 N–H and O–H groups in total. The molecule has 17 heavy (non-hydrogen) atoms. The van der Waals surface area contributed by atoms with Gasteiger partial charge in [-0.05, 0) is 19.1 Å². The summed E-state index contributed by atoms with van der Waals surface area (Å²) in [6.45, 7) is 1.58. The van der Waals surface area contributed by atoms with E-state index in [2.05, 4.69) is 15.6 Å². The lowest BCUT2D eigenvalue weighted by molar-refractivity contribution is -0.137. The average Bonchev–Trinajstić information content (AvgIpc) is 2.83. The van der Waals surface area contributed by atoms with Crippen molar-refractivity contribution in [1.82, 2.24) is 15.0 Å². The lowest BCUT2D eigenvalue weighted by atomic mass is 10.2. The lowest BCUT2D eigenvalue weighted by Gasteiger charge is -2.14. The molecule has 1 atom stereocenters. The van der Waals surface area contributed by atoms with Gasteiger partial charge in [0.05, 0.1) is 23.8 Å². The summed E-state index contributed by atoms with van der Waals surface area (Å²) in [7, 11) is 0. The average molecular weight is 232 g/mol. The minimum atomic E-state index is -0.904. The second-order valence-corrected chi connectivity index (χ2v) is 3.57. The molecule has 0 amide bonds. The zero-order chi connectivity index (χ0) is 12.3. The molecule has 2 aromatic rings. The van der Waals surface area contributed by atoms with E-state index in [0.717, 1.165) is 5.69 Å². The summed E-state index contributed by atoms with van der Waals surface area (Å²) >= 11 is 0. The normalized spacial score (nSPS) is 12.1. The van der Waals surface area contributed by atoms with Crippen molar-refractivity contribution in [2.24, 2.45) is 0 Å². The van der Waals surface area contributed by atoms with Crippen LogP contribution in [0.25, 0.3) is 5.69 Å². The zero-order valence-electron chi connectivity index (χ0n) is 9.24. The van der Waals surface area contributed by atoms with Crippen LogP contribution in [-0.2, 0) is 4.79 Å². The lowest BCUT2D eigenvalue weighted by Crippen LogP contribution is -2.26. The Morgan fingerprint density at radius 2 is 2.24 bits per heavy atom. The number of carbonyl (C=O) groups is 1. The standard InChI is InChI=1S/C11H12N4O2/c1-8(11(16)17)13-9-4-2-3-5-10(9)15-7-6-12-14-15/h2-8,13H,1H3,(H,16,17). The first-order chi connectivity index (χ1) is 8.18. The van der Waals surface area contributed by atoms with Crippen LogP contribution in [0.2, 0.25) is 0 Å². The number of carboxylic acid groups (broad SMARTS) is 1. The molecule has 0 saturated heterocycles. The molecule has 0 aliphatic heterocycles. The van der Waals surface area contributed by atoms with E-state index in [9.17, 15) is 4.79 Å². The van der Waals surface area contributed by atoms with Gasteiger partial charge in [0.15, 0.2) is 0 Å². The van der Waals surface area contributed by atoms with Gasteiger partial charge in [-0.25, -0.2) is 4.68 Å². The van der Waals surface area contributed by atoms with Crippen LogP contribution in [-0.4, -0.2) is 32.1 Å². The molecule has 0 aliphatic carbocycles. The van der Waals surface area contributed by atoms with Gasteiger partial charge in [0.1, 0.15) is 6.04 Å². The summed E-state index contributed by atoms with van der Waals surface area (Å²) in [5, 5.41) is 19.4. The summed E-state index contributed by atoms with van der Waals surface area (Å²) in [5.41, 5.74) is 1.46. The maximum absolute atomic E-state index is 10.8. The molecule has 6 heteroatoms. The van der Waals surface area contributed by atoms with E-state index in [1.165, 1.54) is 0 Å². The fraction of sp³-hybridized carbons (Fsp3) is 0.182. The molecule has 0 bridgehead atoms. The number of benzene rings is 1. The molecule has 1 aromatic carbocycles. The van der Waals surface area contributed by atoms with Crippen molar-refractivity contribution >= 4 is 11.7 Å². The zero-order valence-corrected chi connectivity index (χ0v) is 9.24. The number of aliphatic carboxylic acids is 1. The maximum atomic E-state index is 10.8. The number of nitrogens with zero attached hydrogens (tertiary/aromatic N) is 3. The van der Waals surface area contributed by atoms with Gasteiger partial charge in [-0.1, -0.05) is 17.3 Å². The SMILES string of the molecule is CC(Nc1ccccc1-n1ccnn1)C(=O)O. The van der Waals surface area contributed by atoms with E-state index in [-0.39, 0.29) is 0 Å². The molecule has 0 fully saturated rings. The third kappa shape index (κ3) is 2.41. The van der Waals surface area contributed by atoms with E-state index >= 15 is 0 Å². The topological polar surface area (TPSA) is 80.0 Å². The van der Waals surface area contributed by atoms with Crippen LogP contribution in [0.4, 0.5) is 5.69 Å². The van der Waals surface area contributed by atoms with Crippen molar-refractivity contribution in [3.63, 3.8) is 0 Å². The van der Waals surface area contributed by atoms with Crippen molar-refractivity contribution < 1.29 is 9.90 Å². The van der Waals surface area contributed by atoms with Gasteiger partial charge in [-0.3, -0.25) is 4.79 Å². The van der Waals surface area contributed by atoms with E-state index in [0.29, 0.717) is 5.69 Å². The molecule has 1 unspecified atom stereocenters. The first kappa shape index (κ1) is 11.1. The molecule has 2 rings (SSSR count). The van der Waals surface area contributed by atoms with E-state index in [1.807, 2.05) is 18.2 Å². The monoisotopic (exact) mass is 232 g/mol. The van der Waals surface area contributed by atoms with Gasteiger partial charge in [-0.2, -0.15) is 0 Å². The van der Waals surface area contributed by atoms with Gasteiger partial charge < -0.3 is 10.4 Å². The van der Waals surface area contributed by atoms with Crippen molar-refractivity contribution in [2.45, 2.75) is 13.0 Å². The quantitative estimate of drug-likeness (QED) is 0.826. The maximum Gasteiger partial charge on any atom is 0.325 e. The number of para-hydroxylation sites is 2. The highest BCUT2D eigenvalue weighted by Crippen LogP contribution is 2.19. The molecule has 0 aliphatic rings. The molecular weight excluding hydrogens is 220 g/mol. The van der Waals surface area contributed by atoms with Crippen LogP contribution in [0.3, 0.4) is 0 Å². The Morgan fingerprint density at radius 1 is 1.47 bits per heavy atom. The van der Waals surface area contributed by atoms with Crippen molar-refractivity contribution in [3.05, 3.63) is 36.7 Å². The molecule has 6 nitrogen and oxygen atoms in total. The number of hydrogen-bond donors (Lipinski definition) is 2. The second kappa shape index (κ2) is 4.65. The summed E-state index contributed by atoms with van der Waals surface area (Å²) in [5.74, 6) is -0.904. The molecule has 0 saturated carbocycles. The minimum Gasteiger partial charge on any atom is -0.480 e. The number of nitrogens with one attached hydrogen (secondary N) is 1. The fourth-order valence-electron chi connectivity index (χ4n) is 1.43. The van der Waals surface area contributed by atoms with E-state index < -0.39 is 12.0 Å². The molecular formula is C11H12N4O2. The van der Waals surface area contributed by atoms with Gasteiger partial charge in [0, 0.05) is 0 Å². The summed E-state index contributed by atoms with van der Waals surface area (Å²) < 4.78 is 1.58. The van der Waals surface area contributed by atoms with Crippen LogP contribution in [0.5, 0.6) is 0 Å². The number of rotatable bonds is 4.